The molecule has 0 radical (unpaired) electrons. The normalized spacial score (nSPS) is 12.8. The third-order valence-electron chi connectivity index (χ3n) is 5.88. The van der Waals surface area contributed by atoms with E-state index in [1.165, 1.54) is 48.5 Å². The SMILES string of the molecule is O=C(C1=NN(c2ccc([N+](=O)[O-])cc2)C(C(=O)c2ccccc2)=NN1c1ccc([N+](=O)[O-])cc1)c1ccccc1. The van der Waals surface area contributed by atoms with Gasteiger partial charge in [-0.25, -0.2) is 10.0 Å². The highest BCUT2D eigenvalue weighted by Crippen LogP contribution is 2.28. The predicted octanol–water partition coefficient (Wildman–Crippen LogP) is 5.22. The van der Waals surface area contributed by atoms with Crippen LogP contribution < -0.4 is 10.0 Å². The molecule has 1 aliphatic heterocycles. The number of hydrogen-bond acceptors (Lipinski definition) is 10. The number of ketones is 2. The molecular weight excluding hydrogens is 516 g/mol. The molecule has 4 aromatic rings. The maximum atomic E-state index is 13.7. The zero-order valence-corrected chi connectivity index (χ0v) is 20.5. The van der Waals surface area contributed by atoms with Crippen molar-refractivity contribution in [3.05, 3.63) is 141 Å². The topological polar surface area (TPSA) is 152 Å². The third-order valence-corrected chi connectivity index (χ3v) is 5.88. The standard InChI is InChI=1S/C28H18N6O6/c35-25(19-7-3-1-4-8-19)27-29-32(22-13-17-24(18-14-22)34(39)40)28(26(36)20-9-5-2-6-10-20)30-31(27)21-11-15-23(16-12-21)33(37)38/h1-18H. The Balaban J connectivity index is 1.69. The zero-order valence-electron chi connectivity index (χ0n) is 20.5. The Labute approximate surface area is 226 Å². The van der Waals surface area contributed by atoms with Gasteiger partial charge in [0.1, 0.15) is 0 Å². The van der Waals surface area contributed by atoms with Gasteiger partial charge in [-0.05, 0) is 24.3 Å². The van der Waals surface area contributed by atoms with Crippen LogP contribution in [0.25, 0.3) is 0 Å². The number of amidine groups is 2. The predicted molar refractivity (Wildman–Crippen MR) is 148 cm³/mol. The Hall–Kier alpha value is -6.04. The molecular formula is C28H18N6O6. The van der Waals surface area contributed by atoms with Gasteiger partial charge < -0.3 is 0 Å². The van der Waals surface area contributed by atoms with E-state index in [9.17, 15) is 29.8 Å². The van der Waals surface area contributed by atoms with Crippen LogP contribution in [0, 0.1) is 20.2 Å². The molecule has 0 N–H and O–H groups in total. The van der Waals surface area contributed by atoms with Crippen LogP contribution in [0.2, 0.25) is 0 Å². The molecule has 1 aliphatic rings. The van der Waals surface area contributed by atoms with Crippen LogP contribution in [0.1, 0.15) is 20.7 Å². The highest BCUT2D eigenvalue weighted by atomic mass is 16.6. The Morgan fingerprint density at radius 2 is 0.850 bits per heavy atom. The summed E-state index contributed by atoms with van der Waals surface area (Å²) in [6, 6.07) is 27.1. The fourth-order valence-electron chi connectivity index (χ4n) is 3.88. The van der Waals surface area contributed by atoms with Crippen molar-refractivity contribution in [1.29, 1.82) is 0 Å². The molecule has 0 aromatic heterocycles. The molecule has 196 valence electrons. The number of benzene rings is 4. The molecule has 0 aliphatic carbocycles. The smallest absolute Gasteiger partial charge is 0.269 e. The number of carbonyl (C=O) groups is 2. The van der Waals surface area contributed by atoms with Crippen LogP contribution in [0.3, 0.4) is 0 Å². The Bertz CT molecular complexity index is 1540. The second-order valence-electron chi connectivity index (χ2n) is 8.41. The molecule has 12 nitrogen and oxygen atoms in total. The average molecular weight is 534 g/mol. The van der Waals surface area contributed by atoms with Gasteiger partial charge >= 0.3 is 0 Å². The summed E-state index contributed by atoms with van der Waals surface area (Å²) in [5.74, 6) is -1.49. The summed E-state index contributed by atoms with van der Waals surface area (Å²) in [5, 5.41) is 33.7. The third kappa shape index (κ3) is 5.04. The van der Waals surface area contributed by atoms with Gasteiger partial charge in [0.15, 0.2) is 0 Å². The van der Waals surface area contributed by atoms with Crippen LogP contribution in [0.5, 0.6) is 0 Å². The molecule has 12 heteroatoms. The number of Topliss-reactive ketones (excluding diaryl/α,β-unsaturated/α-hetero) is 2. The fraction of sp³-hybridized carbons (Fsp3) is 0. The number of non-ortho nitro benzene ring substituents is 2. The van der Waals surface area contributed by atoms with Crippen molar-refractivity contribution in [2.75, 3.05) is 10.0 Å². The maximum Gasteiger partial charge on any atom is 0.269 e. The molecule has 0 saturated heterocycles. The number of anilines is 2. The van der Waals surface area contributed by atoms with Gasteiger partial charge in [0.2, 0.25) is 23.2 Å². The Morgan fingerprint density at radius 3 is 1.15 bits per heavy atom. The van der Waals surface area contributed by atoms with Crippen LogP contribution in [0.15, 0.2) is 119 Å². The lowest BCUT2D eigenvalue weighted by Crippen LogP contribution is -2.46. The highest BCUT2D eigenvalue weighted by molar-refractivity contribution is 6.54. The summed E-state index contributed by atoms with van der Waals surface area (Å²) in [4.78, 5) is 48.6. The molecule has 0 fully saturated rings. The first kappa shape index (κ1) is 25.6. The summed E-state index contributed by atoms with van der Waals surface area (Å²) in [6.45, 7) is 0. The number of nitrogens with zero attached hydrogens (tertiary/aromatic N) is 6. The van der Waals surface area contributed by atoms with Crippen molar-refractivity contribution < 1.29 is 19.4 Å². The molecule has 0 spiro atoms. The fourth-order valence-corrected chi connectivity index (χ4v) is 3.88. The average Bonchev–Trinajstić information content (AvgIpc) is 3.00. The van der Waals surface area contributed by atoms with Crippen LogP contribution in [-0.4, -0.2) is 33.1 Å². The minimum atomic E-state index is -0.561. The van der Waals surface area contributed by atoms with Crippen LogP contribution in [-0.2, 0) is 0 Å². The number of carbonyl (C=O) groups excluding carboxylic acids is 2. The molecule has 0 saturated carbocycles. The van der Waals surface area contributed by atoms with Crippen molar-refractivity contribution >= 4 is 46.0 Å². The molecule has 40 heavy (non-hydrogen) atoms. The lowest BCUT2D eigenvalue weighted by atomic mass is 10.1. The summed E-state index contributed by atoms with van der Waals surface area (Å²) < 4.78 is 0. The lowest BCUT2D eigenvalue weighted by Gasteiger charge is -2.31. The van der Waals surface area contributed by atoms with Crippen LogP contribution in [0.4, 0.5) is 22.7 Å². The summed E-state index contributed by atoms with van der Waals surface area (Å²) in [5.41, 5.74) is 0.705. The molecule has 1 heterocycles. The monoisotopic (exact) mass is 534 g/mol. The van der Waals surface area contributed by atoms with E-state index in [-0.39, 0.29) is 45.5 Å². The highest BCUT2D eigenvalue weighted by Gasteiger charge is 2.34. The Kier molecular flexibility index (Phi) is 6.88. The lowest BCUT2D eigenvalue weighted by molar-refractivity contribution is -0.385. The van der Waals surface area contributed by atoms with Gasteiger partial charge in [0.05, 0.1) is 21.2 Å². The summed E-state index contributed by atoms with van der Waals surface area (Å²) in [6.07, 6.45) is 0. The second-order valence-corrected chi connectivity index (χ2v) is 8.41. The number of rotatable bonds is 8. The van der Waals surface area contributed by atoms with Gasteiger partial charge in [-0.2, -0.15) is 0 Å². The van der Waals surface area contributed by atoms with E-state index in [2.05, 4.69) is 10.2 Å². The minimum Gasteiger partial charge on any atom is -0.285 e. The van der Waals surface area contributed by atoms with E-state index in [1.54, 1.807) is 60.7 Å². The van der Waals surface area contributed by atoms with Gasteiger partial charge in [-0.15, -0.1) is 10.2 Å². The van der Waals surface area contributed by atoms with Crippen LogP contribution >= 0.6 is 0 Å². The van der Waals surface area contributed by atoms with Crippen molar-refractivity contribution in [3.63, 3.8) is 0 Å². The molecule has 4 aromatic carbocycles. The van der Waals surface area contributed by atoms with Gasteiger partial charge in [0, 0.05) is 35.4 Å². The number of hydrogen-bond donors (Lipinski definition) is 0. The molecule has 0 bridgehead atoms. The van der Waals surface area contributed by atoms with Gasteiger partial charge in [-0.1, -0.05) is 60.7 Å². The molecule has 5 rings (SSSR count). The molecule has 0 unspecified atom stereocenters. The van der Waals surface area contributed by atoms with E-state index in [1.807, 2.05) is 0 Å². The van der Waals surface area contributed by atoms with Crippen molar-refractivity contribution in [2.45, 2.75) is 0 Å². The van der Waals surface area contributed by atoms with E-state index in [4.69, 9.17) is 0 Å². The number of nitro benzene ring substituents is 2. The van der Waals surface area contributed by atoms with Crippen molar-refractivity contribution in [1.82, 2.24) is 0 Å². The van der Waals surface area contributed by atoms with E-state index >= 15 is 0 Å². The van der Waals surface area contributed by atoms with Crippen molar-refractivity contribution in [2.24, 2.45) is 10.2 Å². The van der Waals surface area contributed by atoms with Gasteiger partial charge in [0.25, 0.3) is 11.4 Å². The zero-order chi connectivity index (χ0) is 28.2. The van der Waals surface area contributed by atoms with Crippen molar-refractivity contribution in [3.8, 4) is 0 Å². The quantitative estimate of drug-likeness (QED) is 0.169. The largest absolute Gasteiger partial charge is 0.285 e. The minimum absolute atomic E-state index is 0.175. The van der Waals surface area contributed by atoms with E-state index in [0.717, 1.165) is 10.0 Å². The molecule has 0 amide bonds. The first-order valence-electron chi connectivity index (χ1n) is 11.8. The van der Waals surface area contributed by atoms with Gasteiger partial charge in [-0.3, -0.25) is 29.8 Å². The maximum absolute atomic E-state index is 13.7. The summed E-state index contributed by atoms with van der Waals surface area (Å²) in [7, 11) is 0. The van der Waals surface area contributed by atoms with E-state index in [0.29, 0.717) is 0 Å². The Morgan fingerprint density at radius 1 is 0.525 bits per heavy atom. The van der Waals surface area contributed by atoms with E-state index < -0.39 is 21.4 Å². The second kappa shape index (κ2) is 10.8. The summed E-state index contributed by atoms with van der Waals surface area (Å²) >= 11 is 0. The first-order valence-corrected chi connectivity index (χ1v) is 11.8. The molecule has 0 atom stereocenters. The number of hydrazone groups is 2. The number of nitro groups is 2. The first-order chi connectivity index (χ1) is 19.3.